The molecule has 1 saturated carbocycles. The number of amides is 5. The van der Waals surface area contributed by atoms with Crippen molar-refractivity contribution in [2.75, 3.05) is 18.4 Å². The number of carbonyl (C=O) groups is 5. The fourth-order valence-corrected chi connectivity index (χ4v) is 8.23. The molecule has 2 fully saturated rings. The first-order valence-electron chi connectivity index (χ1n) is 22.2. The van der Waals surface area contributed by atoms with Crippen molar-refractivity contribution in [1.29, 1.82) is 0 Å². The van der Waals surface area contributed by atoms with Gasteiger partial charge in [-0.25, -0.2) is 9.59 Å². The third-order valence-corrected chi connectivity index (χ3v) is 11.6. The van der Waals surface area contributed by atoms with Crippen molar-refractivity contribution in [3.8, 4) is 22.5 Å². The van der Waals surface area contributed by atoms with Gasteiger partial charge in [-0.05, 0) is 164 Å². The Bertz CT molecular complexity index is 2240. The molecule has 5 N–H and O–H groups in total. The lowest BCUT2D eigenvalue weighted by atomic mass is 9.81. The van der Waals surface area contributed by atoms with Crippen LogP contribution >= 0.6 is 0 Å². The number of aromatic amines is 1. The summed E-state index contributed by atoms with van der Waals surface area (Å²) in [6.45, 7) is 15.9. The highest BCUT2D eigenvalue weighted by Crippen LogP contribution is 2.30. The van der Waals surface area contributed by atoms with Crippen LogP contribution in [0.4, 0.5) is 15.3 Å². The molecule has 1 aromatic heterocycles. The van der Waals surface area contributed by atoms with Crippen molar-refractivity contribution in [2.24, 2.45) is 11.8 Å². The molecule has 2 heterocycles. The van der Waals surface area contributed by atoms with E-state index in [1.54, 1.807) is 29.2 Å². The summed E-state index contributed by atoms with van der Waals surface area (Å²) in [4.78, 5) is 67.7. The molecule has 2 unspecified atom stereocenters. The Morgan fingerprint density at radius 3 is 2.12 bits per heavy atom. The Kier molecular flexibility index (Phi) is 15.1. The number of alkyl carbamates (subject to hydrolysis) is 1. The van der Waals surface area contributed by atoms with Gasteiger partial charge in [0.2, 0.25) is 17.6 Å². The maximum atomic E-state index is 13.9. The topological polar surface area (TPSA) is 210 Å². The Labute approximate surface area is 375 Å². The van der Waals surface area contributed by atoms with Gasteiger partial charge in [-0.15, -0.1) is 10.2 Å². The molecule has 16 nitrogen and oxygen atoms in total. The van der Waals surface area contributed by atoms with E-state index in [1.807, 2.05) is 97.9 Å². The van der Waals surface area contributed by atoms with Gasteiger partial charge in [-0.3, -0.25) is 14.4 Å². The molecule has 342 valence electrons. The highest BCUT2D eigenvalue weighted by molar-refractivity contribution is 5.98. The molecular weight excluding hydrogens is 815 g/mol. The maximum Gasteiger partial charge on any atom is 0.410 e. The van der Waals surface area contributed by atoms with E-state index in [2.05, 4.69) is 41.9 Å². The number of piperidine rings is 1. The number of ether oxygens (including phenoxy) is 2. The monoisotopic (exact) mass is 877 g/mol. The molecule has 1 saturated heterocycles. The number of nitrogens with one attached hydrogen (secondary N) is 5. The molecule has 0 bridgehead atoms. The third kappa shape index (κ3) is 13.3. The molecule has 0 radical (unpaired) electrons. The molecular formula is C48H63N9O7. The van der Waals surface area contributed by atoms with E-state index in [0.717, 1.165) is 40.7 Å². The molecule has 3 aromatic carbocycles. The van der Waals surface area contributed by atoms with Crippen molar-refractivity contribution in [2.45, 2.75) is 130 Å². The van der Waals surface area contributed by atoms with Gasteiger partial charge in [0, 0.05) is 54.3 Å². The number of nitrogens with zero attached hydrogens (tertiary/aromatic N) is 4. The van der Waals surface area contributed by atoms with Crippen LogP contribution in [-0.4, -0.2) is 97.8 Å². The van der Waals surface area contributed by atoms with Gasteiger partial charge in [-0.1, -0.05) is 30.3 Å². The standard InChI is InChI=1S/C48H63N9O7/c1-29-25-36(43(59)51-38-23-24-57(30(2)26-38)46(62)64-48(6,7)8)19-22-39(29)33-13-9-31(10-14-33)27-40(44(60)50-37-20-17-34(18-21-37)41-53-55-56-54-41)52-42(58)35-15-11-32(12-16-35)28-49-45(61)63-47(3,4)5/h9-10,13-14,17-22,25,30,32,35,38,40H,11-12,15-16,23-24,26-28H2,1-8H3,(H,49,61)(H,50,60)(H,51,59)(H,52,58)(H,53,54,55,56)/t30?,32?,35?,38?,40-/m0/s1. The summed E-state index contributed by atoms with van der Waals surface area (Å²) in [5, 5.41) is 26.1. The van der Waals surface area contributed by atoms with Crippen LogP contribution in [0.2, 0.25) is 0 Å². The van der Waals surface area contributed by atoms with Crippen LogP contribution in [0, 0.1) is 18.8 Å². The molecule has 1 aliphatic heterocycles. The molecule has 4 aromatic rings. The maximum absolute atomic E-state index is 13.9. The van der Waals surface area contributed by atoms with Gasteiger partial charge in [0.05, 0.1) is 0 Å². The van der Waals surface area contributed by atoms with Crippen LogP contribution in [0.3, 0.4) is 0 Å². The minimum atomic E-state index is -0.867. The third-order valence-electron chi connectivity index (χ3n) is 11.6. The molecule has 1 aliphatic carbocycles. The minimum absolute atomic E-state index is 0.0671. The number of hydrogen-bond donors (Lipinski definition) is 5. The predicted molar refractivity (Wildman–Crippen MR) is 243 cm³/mol. The minimum Gasteiger partial charge on any atom is -0.444 e. The van der Waals surface area contributed by atoms with Crippen molar-refractivity contribution in [1.82, 2.24) is 41.5 Å². The zero-order valence-corrected chi connectivity index (χ0v) is 38.2. The van der Waals surface area contributed by atoms with Gasteiger partial charge in [0.25, 0.3) is 5.91 Å². The zero-order valence-electron chi connectivity index (χ0n) is 38.2. The second kappa shape index (κ2) is 20.5. The number of benzene rings is 3. The van der Waals surface area contributed by atoms with Gasteiger partial charge in [0.1, 0.15) is 17.2 Å². The van der Waals surface area contributed by atoms with Crippen molar-refractivity contribution < 1.29 is 33.4 Å². The number of aryl methyl sites for hydroxylation is 1. The second-order valence-electron chi connectivity index (χ2n) is 19.1. The van der Waals surface area contributed by atoms with Crippen LogP contribution < -0.4 is 21.3 Å². The van der Waals surface area contributed by atoms with Gasteiger partial charge in [0.15, 0.2) is 0 Å². The first-order chi connectivity index (χ1) is 30.3. The summed E-state index contributed by atoms with van der Waals surface area (Å²) in [7, 11) is 0. The van der Waals surface area contributed by atoms with Crippen molar-refractivity contribution in [3.63, 3.8) is 0 Å². The van der Waals surface area contributed by atoms with E-state index in [-0.39, 0.29) is 54.2 Å². The number of rotatable bonds is 12. The fraction of sp³-hybridized carbons (Fsp3) is 0.500. The van der Waals surface area contributed by atoms with Gasteiger partial charge >= 0.3 is 12.2 Å². The SMILES string of the molecule is Cc1cc(C(=O)NC2CCN(C(=O)OC(C)(C)C)C(C)C2)ccc1-c1ccc(C[C@H](NC(=O)C2CCC(CNC(=O)OC(C)(C)C)CC2)C(=O)Nc2ccc(-c3nn[nH]n3)cc2)cc1. The summed E-state index contributed by atoms with van der Waals surface area (Å²) < 4.78 is 10.9. The van der Waals surface area contributed by atoms with Crippen LogP contribution in [0.25, 0.3) is 22.5 Å². The van der Waals surface area contributed by atoms with Crippen molar-refractivity contribution in [3.05, 3.63) is 83.4 Å². The number of carbonyl (C=O) groups excluding carboxylic acids is 5. The molecule has 3 atom stereocenters. The van der Waals surface area contributed by atoms with Gasteiger partial charge < -0.3 is 35.6 Å². The number of hydrogen-bond acceptors (Lipinski definition) is 10. The smallest absolute Gasteiger partial charge is 0.410 e. The second-order valence-corrected chi connectivity index (χ2v) is 19.1. The summed E-state index contributed by atoms with van der Waals surface area (Å²) in [5.74, 6) is -0.300. The number of tetrazole rings is 1. The van der Waals surface area contributed by atoms with E-state index in [0.29, 0.717) is 55.8 Å². The largest absolute Gasteiger partial charge is 0.444 e. The Morgan fingerprint density at radius 2 is 1.52 bits per heavy atom. The van der Waals surface area contributed by atoms with E-state index >= 15 is 0 Å². The number of aromatic nitrogens is 4. The lowest BCUT2D eigenvalue weighted by Gasteiger charge is -2.38. The predicted octanol–water partition coefficient (Wildman–Crippen LogP) is 7.36. The molecule has 16 heteroatoms. The highest BCUT2D eigenvalue weighted by atomic mass is 16.6. The summed E-state index contributed by atoms with van der Waals surface area (Å²) in [5.41, 5.74) is 4.37. The first-order valence-corrected chi connectivity index (χ1v) is 22.2. The Balaban J connectivity index is 1.08. The van der Waals surface area contributed by atoms with E-state index in [1.165, 1.54) is 0 Å². The lowest BCUT2D eigenvalue weighted by molar-refractivity contribution is -0.130. The van der Waals surface area contributed by atoms with E-state index in [9.17, 15) is 24.0 Å². The average molecular weight is 878 g/mol. The number of anilines is 1. The normalized spacial score (nSPS) is 19.5. The van der Waals surface area contributed by atoms with E-state index < -0.39 is 23.3 Å². The summed E-state index contributed by atoms with van der Waals surface area (Å²) >= 11 is 0. The molecule has 0 spiro atoms. The van der Waals surface area contributed by atoms with Crippen LogP contribution in [0.1, 0.15) is 108 Å². The lowest BCUT2D eigenvalue weighted by Crippen LogP contribution is -2.52. The molecule has 2 aliphatic rings. The highest BCUT2D eigenvalue weighted by Gasteiger charge is 2.33. The summed E-state index contributed by atoms with van der Waals surface area (Å²) in [6.07, 6.45) is 3.54. The summed E-state index contributed by atoms with van der Waals surface area (Å²) in [6, 6.07) is 19.6. The van der Waals surface area contributed by atoms with Gasteiger partial charge in [-0.2, -0.15) is 5.21 Å². The number of likely N-dealkylation sites (tertiary alicyclic amines) is 1. The molecule has 5 amide bonds. The van der Waals surface area contributed by atoms with Crippen LogP contribution in [0.5, 0.6) is 0 Å². The Morgan fingerprint density at radius 1 is 0.844 bits per heavy atom. The van der Waals surface area contributed by atoms with Crippen LogP contribution in [0.15, 0.2) is 66.7 Å². The zero-order chi connectivity index (χ0) is 46.2. The molecule has 6 rings (SSSR count). The Hall–Kier alpha value is -6.32. The first kappa shape index (κ1) is 47.2. The van der Waals surface area contributed by atoms with Crippen molar-refractivity contribution >= 4 is 35.6 Å². The van der Waals surface area contributed by atoms with Crippen LogP contribution in [-0.2, 0) is 25.5 Å². The van der Waals surface area contributed by atoms with E-state index in [4.69, 9.17) is 9.47 Å². The quantitative estimate of drug-likeness (QED) is 0.0955. The average Bonchev–Trinajstić information content (AvgIpc) is 3.78. The molecule has 64 heavy (non-hydrogen) atoms. The fourth-order valence-electron chi connectivity index (χ4n) is 8.23. The number of H-pyrrole nitrogens is 1.